The highest BCUT2D eigenvalue weighted by Crippen LogP contribution is 2.22. The Hall–Kier alpha value is -1.77. The van der Waals surface area contributed by atoms with Gasteiger partial charge in [-0.3, -0.25) is 4.79 Å². The molecule has 1 heterocycles. The van der Waals surface area contributed by atoms with Gasteiger partial charge in [0.2, 0.25) is 0 Å². The zero-order valence-electron chi connectivity index (χ0n) is 9.47. The summed E-state index contributed by atoms with van der Waals surface area (Å²) in [6.45, 7) is 7.15. The van der Waals surface area contributed by atoms with E-state index in [0.29, 0.717) is 6.54 Å². The first kappa shape index (κ1) is 10.7. The topological polar surface area (TPSA) is 41.1 Å². The van der Waals surface area contributed by atoms with Crippen molar-refractivity contribution < 1.29 is 4.79 Å². The Morgan fingerprint density at radius 3 is 3.12 bits per heavy atom. The summed E-state index contributed by atoms with van der Waals surface area (Å²) in [4.78, 5) is 11.8. The van der Waals surface area contributed by atoms with Crippen molar-refractivity contribution in [3.63, 3.8) is 0 Å². The maximum Gasteiger partial charge on any atom is 0.251 e. The highest BCUT2D eigenvalue weighted by Gasteiger charge is 2.12. The van der Waals surface area contributed by atoms with Crippen LogP contribution in [-0.4, -0.2) is 19.0 Å². The van der Waals surface area contributed by atoms with Crippen LogP contribution in [0.15, 0.2) is 30.4 Å². The van der Waals surface area contributed by atoms with Gasteiger partial charge in [0.1, 0.15) is 0 Å². The van der Waals surface area contributed by atoms with Gasteiger partial charge in [-0.2, -0.15) is 0 Å². The molecule has 0 fully saturated rings. The largest absolute Gasteiger partial charge is 0.384 e. The van der Waals surface area contributed by atoms with Gasteiger partial charge in [-0.1, -0.05) is 12.2 Å². The third-order valence-electron chi connectivity index (χ3n) is 2.63. The molecule has 1 amide bonds. The Bertz CT molecular complexity index is 438. The van der Waals surface area contributed by atoms with Crippen molar-refractivity contribution in [1.29, 1.82) is 0 Å². The van der Waals surface area contributed by atoms with Crippen LogP contribution >= 0.6 is 0 Å². The fourth-order valence-electron chi connectivity index (χ4n) is 1.78. The Balaban J connectivity index is 2.09. The lowest BCUT2D eigenvalue weighted by molar-refractivity contribution is 0.0957. The van der Waals surface area contributed by atoms with Crippen molar-refractivity contribution in [2.75, 3.05) is 18.4 Å². The number of benzene rings is 1. The number of amides is 1. The van der Waals surface area contributed by atoms with Crippen LogP contribution in [0.25, 0.3) is 0 Å². The number of carbonyl (C=O) groups is 1. The number of carbonyl (C=O) groups excluding carboxylic acids is 1. The second kappa shape index (κ2) is 4.39. The summed E-state index contributed by atoms with van der Waals surface area (Å²) in [5.74, 6) is -0.0299. The minimum atomic E-state index is -0.0299. The Morgan fingerprint density at radius 1 is 1.56 bits per heavy atom. The monoisotopic (exact) mass is 216 g/mol. The van der Waals surface area contributed by atoms with Crippen molar-refractivity contribution >= 4 is 11.6 Å². The van der Waals surface area contributed by atoms with Crippen molar-refractivity contribution in [3.05, 3.63) is 41.5 Å². The van der Waals surface area contributed by atoms with E-state index in [2.05, 4.69) is 17.2 Å². The van der Waals surface area contributed by atoms with Gasteiger partial charge >= 0.3 is 0 Å². The molecule has 0 bridgehead atoms. The number of fused-ring (bicyclic) bond motifs is 1. The molecule has 0 saturated heterocycles. The van der Waals surface area contributed by atoms with E-state index in [1.807, 2.05) is 25.1 Å². The Kier molecular flexibility index (Phi) is 2.95. The van der Waals surface area contributed by atoms with E-state index in [1.165, 1.54) is 5.56 Å². The summed E-state index contributed by atoms with van der Waals surface area (Å²) in [6, 6.07) is 5.78. The second-order valence-electron chi connectivity index (χ2n) is 4.19. The molecule has 3 heteroatoms. The molecular weight excluding hydrogens is 200 g/mol. The molecule has 1 aromatic rings. The maximum atomic E-state index is 11.8. The predicted octanol–water partition coefficient (Wildman–Crippen LogP) is 1.96. The summed E-state index contributed by atoms with van der Waals surface area (Å²) in [7, 11) is 0. The highest BCUT2D eigenvalue weighted by atomic mass is 16.1. The fourth-order valence-corrected chi connectivity index (χ4v) is 1.78. The average molecular weight is 216 g/mol. The molecule has 1 aliphatic rings. The molecule has 1 aliphatic heterocycles. The number of hydrogen-bond donors (Lipinski definition) is 2. The molecule has 0 aliphatic carbocycles. The lowest BCUT2D eigenvalue weighted by Crippen LogP contribution is -2.24. The lowest BCUT2D eigenvalue weighted by atomic mass is 10.1. The van der Waals surface area contributed by atoms with Crippen LogP contribution in [0.1, 0.15) is 22.8 Å². The first-order chi connectivity index (χ1) is 7.66. The SMILES string of the molecule is C=C(C)CNC(=O)c1ccc2c(c1)CCN2. The van der Waals surface area contributed by atoms with Gasteiger partial charge in [0.15, 0.2) is 0 Å². The summed E-state index contributed by atoms with van der Waals surface area (Å²) in [5, 5.41) is 6.10. The van der Waals surface area contributed by atoms with Gasteiger partial charge in [0, 0.05) is 24.3 Å². The van der Waals surface area contributed by atoms with Crippen LogP contribution in [0.5, 0.6) is 0 Å². The van der Waals surface area contributed by atoms with E-state index in [1.54, 1.807) is 0 Å². The van der Waals surface area contributed by atoms with E-state index in [-0.39, 0.29) is 5.91 Å². The normalized spacial score (nSPS) is 12.8. The third-order valence-corrected chi connectivity index (χ3v) is 2.63. The molecule has 0 atom stereocenters. The van der Waals surface area contributed by atoms with Gasteiger partial charge in [-0.15, -0.1) is 0 Å². The number of anilines is 1. The fraction of sp³-hybridized carbons (Fsp3) is 0.308. The zero-order valence-corrected chi connectivity index (χ0v) is 9.47. The van der Waals surface area contributed by atoms with Gasteiger partial charge in [-0.25, -0.2) is 0 Å². The van der Waals surface area contributed by atoms with Crippen molar-refractivity contribution in [2.24, 2.45) is 0 Å². The molecule has 0 radical (unpaired) electrons. The minimum Gasteiger partial charge on any atom is -0.384 e. The Morgan fingerprint density at radius 2 is 2.38 bits per heavy atom. The molecule has 1 aromatic carbocycles. The zero-order chi connectivity index (χ0) is 11.5. The molecule has 0 saturated carbocycles. The smallest absolute Gasteiger partial charge is 0.251 e. The van der Waals surface area contributed by atoms with Crippen LogP contribution in [0.3, 0.4) is 0 Å². The lowest BCUT2D eigenvalue weighted by Gasteiger charge is -2.06. The predicted molar refractivity (Wildman–Crippen MR) is 65.8 cm³/mol. The van der Waals surface area contributed by atoms with Crippen LogP contribution in [0.2, 0.25) is 0 Å². The van der Waals surface area contributed by atoms with E-state index < -0.39 is 0 Å². The Labute approximate surface area is 95.6 Å². The van der Waals surface area contributed by atoms with Crippen LogP contribution in [0.4, 0.5) is 5.69 Å². The quantitative estimate of drug-likeness (QED) is 0.758. The maximum absolute atomic E-state index is 11.8. The third kappa shape index (κ3) is 2.24. The van der Waals surface area contributed by atoms with E-state index in [9.17, 15) is 4.79 Å². The molecule has 16 heavy (non-hydrogen) atoms. The number of rotatable bonds is 3. The molecule has 0 aromatic heterocycles. The highest BCUT2D eigenvalue weighted by molar-refractivity contribution is 5.95. The van der Waals surface area contributed by atoms with Crippen molar-refractivity contribution in [1.82, 2.24) is 5.32 Å². The molecular formula is C13H16N2O. The molecule has 2 N–H and O–H groups in total. The van der Waals surface area contributed by atoms with E-state index >= 15 is 0 Å². The van der Waals surface area contributed by atoms with Gasteiger partial charge < -0.3 is 10.6 Å². The molecule has 2 rings (SSSR count). The molecule has 84 valence electrons. The number of nitrogens with one attached hydrogen (secondary N) is 2. The van der Waals surface area contributed by atoms with Crippen LogP contribution in [-0.2, 0) is 6.42 Å². The van der Waals surface area contributed by atoms with E-state index in [0.717, 1.165) is 29.8 Å². The molecule has 3 nitrogen and oxygen atoms in total. The standard InChI is InChI=1S/C13H16N2O/c1-9(2)8-15-13(16)11-3-4-12-10(7-11)5-6-14-12/h3-4,7,14H,1,5-6,8H2,2H3,(H,15,16). The van der Waals surface area contributed by atoms with Crippen LogP contribution in [0, 0.1) is 0 Å². The first-order valence-electron chi connectivity index (χ1n) is 5.46. The summed E-state index contributed by atoms with van der Waals surface area (Å²) < 4.78 is 0. The van der Waals surface area contributed by atoms with Gasteiger partial charge in [-0.05, 0) is 37.1 Å². The summed E-state index contributed by atoms with van der Waals surface area (Å²) >= 11 is 0. The molecule has 0 unspecified atom stereocenters. The molecule has 0 spiro atoms. The minimum absolute atomic E-state index is 0.0299. The van der Waals surface area contributed by atoms with E-state index in [4.69, 9.17) is 0 Å². The van der Waals surface area contributed by atoms with Crippen molar-refractivity contribution in [2.45, 2.75) is 13.3 Å². The van der Waals surface area contributed by atoms with Gasteiger partial charge in [0.25, 0.3) is 5.91 Å². The first-order valence-corrected chi connectivity index (χ1v) is 5.46. The van der Waals surface area contributed by atoms with Crippen molar-refractivity contribution in [3.8, 4) is 0 Å². The average Bonchev–Trinajstić information content (AvgIpc) is 2.72. The number of hydrogen-bond acceptors (Lipinski definition) is 2. The van der Waals surface area contributed by atoms with Crippen LogP contribution < -0.4 is 10.6 Å². The second-order valence-corrected chi connectivity index (χ2v) is 4.19. The van der Waals surface area contributed by atoms with Gasteiger partial charge in [0.05, 0.1) is 0 Å². The summed E-state index contributed by atoms with van der Waals surface area (Å²) in [5.41, 5.74) is 4.05. The summed E-state index contributed by atoms with van der Waals surface area (Å²) in [6.07, 6.45) is 0.997.